The Labute approximate surface area is 105 Å². The number of rotatable bonds is 9. The van der Waals surface area contributed by atoms with Crippen LogP contribution in [0.3, 0.4) is 0 Å². The SMILES string of the molecule is NCCN(CCN)CCNCC1CCCCN1. The summed E-state index contributed by atoms with van der Waals surface area (Å²) >= 11 is 0. The highest BCUT2D eigenvalue weighted by molar-refractivity contribution is 4.74. The van der Waals surface area contributed by atoms with Crippen LogP contribution in [0.15, 0.2) is 0 Å². The second kappa shape index (κ2) is 9.79. The number of hydrogen-bond acceptors (Lipinski definition) is 5. The number of nitrogens with two attached hydrogens (primary N) is 2. The molecule has 0 radical (unpaired) electrons. The van der Waals surface area contributed by atoms with Crippen LogP contribution in [0.2, 0.25) is 0 Å². The van der Waals surface area contributed by atoms with Gasteiger partial charge in [-0.15, -0.1) is 0 Å². The fraction of sp³-hybridized carbons (Fsp3) is 1.00. The smallest absolute Gasteiger partial charge is 0.0192 e. The Morgan fingerprint density at radius 2 is 1.88 bits per heavy atom. The molecule has 6 N–H and O–H groups in total. The minimum absolute atomic E-state index is 0.668. The van der Waals surface area contributed by atoms with Gasteiger partial charge in [-0.1, -0.05) is 6.42 Å². The van der Waals surface area contributed by atoms with Crippen LogP contribution in [0.1, 0.15) is 19.3 Å². The van der Waals surface area contributed by atoms with Gasteiger partial charge in [-0.2, -0.15) is 0 Å². The first-order valence-corrected chi connectivity index (χ1v) is 6.93. The molecule has 1 atom stereocenters. The zero-order valence-electron chi connectivity index (χ0n) is 11.0. The summed E-state index contributed by atoms with van der Waals surface area (Å²) < 4.78 is 0. The van der Waals surface area contributed by atoms with Gasteiger partial charge in [0.25, 0.3) is 0 Å². The van der Waals surface area contributed by atoms with E-state index in [1.807, 2.05) is 0 Å². The maximum absolute atomic E-state index is 5.57. The van der Waals surface area contributed by atoms with Crippen LogP contribution < -0.4 is 22.1 Å². The molecular weight excluding hydrogens is 214 g/mol. The molecule has 1 unspecified atom stereocenters. The predicted molar refractivity (Wildman–Crippen MR) is 73.1 cm³/mol. The summed E-state index contributed by atoms with van der Waals surface area (Å²) in [4.78, 5) is 2.32. The Bertz CT molecular complexity index is 164. The molecule has 5 heteroatoms. The maximum Gasteiger partial charge on any atom is 0.0192 e. The second-order valence-corrected chi connectivity index (χ2v) is 4.77. The Balaban J connectivity index is 2.00. The van der Waals surface area contributed by atoms with Gasteiger partial charge in [-0.25, -0.2) is 0 Å². The van der Waals surface area contributed by atoms with Crippen molar-refractivity contribution >= 4 is 0 Å². The normalized spacial score (nSPS) is 21.0. The largest absolute Gasteiger partial charge is 0.329 e. The number of hydrogen-bond donors (Lipinski definition) is 4. The molecule has 5 nitrogen and oxygen atoms in total. The van der Waals surface area contributed by atoms with E-state index >= 15 is 0 Å². The van der Waals surface area contributed by atoms with Crippen molar-refractivity contribution in [2.45, 2.75) is 25.3 Å². The van der Waals surface area contributed by atoms with Crippen LogP contribution in [-0.2, 0) is 0 Å². The summed E-state index contributed by atoms with van der Waals surface area (Å²) in [6, 6.07) is 0.668. The maximum atomic E-state index is 5.57. The lowest BCUT2D eigenvalue weighted by atomic mass is 10.1. The molecule has 1 saturated heterocycles. The number of nitrogens with one attached hydrogen (secondary N) is 2. The summed E-state index contributed by atoms with van der Waals surface area (Å²) in [7, 11) is 0. The molecule has 1 aliphatic rings. The first-order valence-electron chi connectivity index (χ1n) is 6.93. The molecule has 0 aromatic heterocycles. The lowest BCUT2D eigenvalue weighted by Gasteiger charge is -2.25. The van der Waals surface area contributed by atoms with E-state index in [0.717, 1.165) is 32.7 Å². The van der Waals surface area contributed by atoms with Crippen molar-refractivity contribution in [3.63, 3.8) is 0 Å². The third-order valence-electron chi connectivity index (χ3n) is 3.30. The van der Waals surface area contributed by atoms with Gasteiger partial charge in [0, 0.05) is 51.9 Å². The van der Waals surface area contributed by atoms with Crippen LogP contribution in [-0.4, -0.2) is 63.3 Å². The van der Waals surface area contributed by atoms with Crippen molar-refractivity contribution in [1.82, 2.24) is 15.5 Å². The van der Waals surface area contributed by atoms with Gasteiger partial charge in [0.05, 0.1) is 0 Å². The Hall–Kier alpha value is -0.200. The molecule has 0 spiro atoms. The average Bonchev–Trinajstić information content (AvgIpc) is 2.36. The first kappa shape index (κ1) is 14.9. The van der Waals surface area contributed by atoms with E-state index in [0.29, 0.717) is 19.1 Å². The van der Waals surface area contributed by atoms with Crippen LogP contribution in [0.4, 0.5) is 0 Å². The van der Waals surface area contributed by atoms with E-state index in [4.69, 9.17) is 11.5 Å². The van der Waals surface area contributed by atoms with E-state index < -0.39 is 0 Å². The van der Waals surface area contributed by atoms with Crippen LogP contribution >= 0.6 is 0 Å². The third kappa shape index (κ3) is 6.95. The van der Waals surface area contributed by atoms with Crippen LogP contribution in [0.5, 0.6) is 0 Å². The molecule has 0 aromatic carbocycles. The lowest BCUT2D eigenvalue weighted by molar-refractivity contribution is 0.283. The molecule has 1 aliphatic heterocycles. The summed E-state index contributed by atoms with van der Waals surface area (Å²) in [5, 5.41) is 7.06. The summed E-state index contributed by atoms with van der Waals surface area (Å²) in [5.74, 6) is 0. The molecule has 1 rings (SSSR count). The van der Waals surface area contributed by atoms with Crippen molar-refractivity contribution in [3.05, 3.63) is 0 Å². The van der Waals surface area contributed by atoms with Gasteiger partial charge in [0.2, 0.25) is 0 Å². The van der Waals surface area contributed by atoms with E-state index in [1.54, 1.807) is 0 Å². The fourth-order valence-corrected chi connectivity index (χ4v) is 2.31. The topological polar surface area (TPSA) is 79.3 Å². The third-order valence-corrected chi connectivity index (χ3v) is 3.30. The van der Waals surface area contributed by atoms with E-state index in [-0.39, 0.29) is 0 Å². The van der Waals surface area contributed by atoms with Crippen molar-refractivity contribution in [3.8, 4) is 0 Å². The van der Waals surface area contributed by atoms with Crippen molar-refractivity contribution in [2.75, 3.05) is 52.4 Å². The molecule has 0 amide bonds. The first-order chi connectivity index (χ1) is 8.36. The van der Waals surface area contributed by atoms with E-state index in [1.165, 1.54) is 25.8 Å². The molecule has 1 heterocycles. The van der Waals surface area contributed by atoms with Crippen molar-refractivity contribution < 1.29 is 0 Å². The van der Waals surface area contributed by atoms with E-state index in [9.17, 15) is 0 Å². The minimum Gasteiger partial charge on any atom is -0.329 e. The number of nitrogens with zero attached hydrogens (tertiary/aromatic N) is 1. The predicted octanol–water partition coefficient (Wildman–Crippen LogP) is -1.06. The fourth-order valence-electron chi connectivity index (χ4n) is 2.31. The molecular formula is C12H29N5. The Kier molecular flexibility index (Phi) is 8.56. The van der Waals surface area contributed by atoms with Gasteiger partial charge >= 0.3 is 0 Å². The second-order valence-electron chi connectivity index (χ2n) is 4.77. The minimum atomic E-state index is 0.668. The zero-order valence-corrected chi connectivity index (χ0v) is 11.0. The molecule has 0 bridgehead atoms. The standard InChI is InChI=1S/C12H29N5/c13-4-8-17(9-5-14)10-7-15-11-12-3-1-2-6-16-12/h12,15-16H,1-11,13-14H2. The highest BCUT2D eigenvalue weighted by Gasteiger charge is 2.11. The quantitative estimate of drug-likeness (QED) is 0.388. The molecule has 102 valence electrons. The highest BCUT2D eigenvalue weighted by atomic mass is 15.1. The molecule has 17 heavy (non-hydrogen) atoms. The van der Waals surface area contributed by atoms with Gasteiger partial charge in [0.1, 0.15) is 0 Å². The number of piperidine rings is 1. The zero-order chi connectivity index (χ0) is 12.3. The summed E-state index contributed by atoms with van der Waals surface area (Å²) in [6.07, 6.45) is 4.01. The van der Waals surface area contributed by atoms with Crippen LogP contribution in [0.25, 0.3) is 0 Å². The molecule has 0 aliphatic carbocycles. The molecule has 0 aromatic rings. The van der Waals surface area contributed by atoms with Gasteiger partial charge in [-0.05, 0) is 19.4 Å². The Morgan fingerprint density at radius 3 is 2.47 bits per heavy atom. The van der Waals surface area contributed by atoms with Gasteiger partial charge in [0.15, 0.2) is 0 Å². The molecule has 0 saturated carbocycles. The van der Waals surface area contributed by atoms with Crippen LogP contribution in [0, 0.1) is 0 Å². The Morgan fingerprint density at radius 1 is 1.12 bits per heavy atom. The summed E-state index contributed by atoms with van der Waals surface area (Å²) in [6.45, 7) is 7.65. The van der Waals surface area contributed by atoms with Crippen molar-refractivity contribution in [2.24, 2.45) is 11.5 Å². The monoisotopic (exact) mass is 243 g/mol. The van der Waals surface area contributed by atoms with Gasteiger partial charge in [-0.3, -0.25) is 4.90 Å². The summed E-state index contributed by atoms with van der Waals surface area (Å²) in [5.41, 5.74) is 11.1. The van der Waals surface area contributed by atoms with Crippen molar-refractivity contribution in [1.29, 1.82) is 0 Å². The lowest BCUT2D eigenvalue weighted by Crippen LogP contribution is -2.44. The van der Waals surface area contributed by atoms with E-state index in [2.05, 4.69) is 15.5 Å². The average molecular weight is 243 g/mol. The van der Waals surface area contributed by atoms with Gasteiger partial charge < -0.3 is 22.1 Å². The highest BCUT2D eigenvalue weighted by Crippen LogP contribution is 2.05. The molecule has 1 fully saturated rings.